The molecule has 1 rings (SSSR count). The molecule has 1 aromatic rings. The summed E-state index contributed by atoms with van der Waals surface area (Å²) >= 11 is 0. The van der Waals surface area contributed by atoms with Crippen molar-refractivity contribution in [1.82, 2.24) is 10.0 Å². The van der Waals surface area contributed by atoms with Crippen LogP contribution in [-0.4, -0.2) is 38.6 Å². The molecule has 0 fully saturated rings. The Hall–Kier alpha value is -2.13. The molecule has 0 aromatic heterocycles. The van der Waals surface area contributed by atoms with Gasteiger partial charge in [0.2, 0.25) is 10.0 Å². The van der Waals surface area contributed by atoms with Crippen molar-refractivity contribution in [3.05, 3.63) is 28.8 Å². The first-order valence-corrected chi connectivity index (χ1v) is 7.51. The summed E-state index contributed by atoms with van der Waals surface area (Å²) in [6.45, 7) is 3.15. The number of urea groups is 1. The Morgan fingerprint density at radius 3 is 2.33 bits per heavy atom. The van der Waals surface area contributed by atoms with Crippen LogP contribution in [0.1, 0.15) is 21.5 Å². The van der Waals surface area contributed by atoms with Crippen LogP contribution in [0, 0.1) is 13.8 Å². The smallest absolute Gasteiger partial charge is 0.335 e. The van der Waals surface area contributed by atoms with Gasteiger partial charge in [0.15, 0.2) is 0 Å². The van der Waals surface area contributed by atoms with Gasteiger partial charge in [-0.15, -0.1) is 0 Å². The third-order valence-corrected chi connectivity index (χ3v) is 4.36. The molecule has 2 amide bonds. The number of nitrogens with one attached hydrogen (secondary N) is 2. The highest BCUT2D eigenvalue weighted by atomic mass is 32.2. The van der Waals surface area contributed by atoms with Gasteiger partial charge in [-0.2, -0.15) is 0 Å². The number of sulfonamides is 1. The fourth-order valence-corrected chi connectivity index (χ4v) is 3.08. The third-order valence-electron chi connectivity index (χ3n) is 2.76. The predicted octanol–water partition coefficient (Wildman–Crippen LogP) is -0.0518. The van der Waals surface area contributed by atoms with Gasteiger partial charge >= 0.3 is 12.0 Å². The molecule has 8 nitrogen and oxygen atoms in total. The molecule has 0 radical (unpaired) electrons. The second kappa shape index (κ2) is 6.55. The fourth-order valence-electron chi connectivity index (χ4n) is 1.80. The average molecular weight is 315 g/mol. The number of nitrogens with two attached hydrogens (primary N) is 1. The summed E-state index contributed by atoms with van der Waals surface area (Å²) < 4.78 is 26.5. The lowest BCUT2D eigenvalue weighted by molar-refractivity contribution is 0.0696. The third kappa shape index (κ3) is 4.43. The van der Waals surface area contributed by atoms with Crippen molar-refractivity contribution in [2.75, 3.05) is 13.1 Å². The van der Waals surface area contributed by atoms with Crippen molar-refractivity contribution in [3.63, 3.8) is 0 Å². The number of primary amides is 1. The van der Waals surface area contributed by atoms with E-state index in [1.165, 1.54) is 6.07 Å². The van der Waals surface area contributed by atoms with Crippen molar-refractivity contribution in [3.8, 4) is 0 Å². The lowest BCUT2D eigenvalue weighted by atomic mass is 10.1. The Morgan fingerprint density at radius 1 is 1.19 bits per heavy atom. The number of carboxylic acid groups (broad SMARTS) is 1. The van der Waals surface area contributed by atoms with Gasteiger partial charge in [-0.05, 0) is 31.0 Å². The Morgan fingerprint density at radius 2 is 1.81 bits per heavy atom. The van der Waals surface area contributed by atoms with Gasteiger partial charge in [-0.3, -0.25) is 0 Å². The first-order chi connectivity index (χ1) is 9.65. The molecule has 0 saturated carbocycles. The number of carbonyl (C=O) groups excluding carboxylic acids is 1. The van der Waals surface area contributed by atoms with Gasteiger partial charge in [0, 0.05) is 13.1 Å². The van der Waals surface area contributed by atoms with Gasteiger partial charge in [0.05, 0.1) is 10.5 Å². The molecule has 21 heavy (non-hydrogen) atoms. The normalized spacial score (nSPS) is 11.1. The quantitative estimate of drug-likeness (QED) is 0.545. The first kappa shape index (κ1) is 16.9. The van der Waals surface area contributed by atoms with Gasteiger partial charge in [-0.1, -0.05) is 6.07 Å². The van der Waals surface area contributed by atoms with E-state index in [0.29, 0.717) is 11.1 Å². The van der Waals surface area contributed by atoms with E-state index < -0.39 is 22.0 Å². The molecule has 0 bridgehead atoms. The van der Waals surface area contributed by atoms with E-state index >= 15 is 0 Å². The molecular formula is C12H17N3O5S. The zero-order valence-corrected chi connectivity index (χ0v) is 12.5. The number of hydrogen-bond acceptors (Lipinski definition) is 4. The summed E-state index contributed by atoms with van der Waals surface area (Å²) in [5, 5.41) is 11.3. The predicted molar refractivity (Wildman–Crippen MR) is 75.6 cm³/mol. The molecule has 1 aromatic carbocycles. The topological polar surface area (TPSA) is 139 Å². The number of hydrogen-bond donors (Lipinski definition) is 4. The first-order valence-electron chi connectivity index (χ1n) is 6.02. The van der Waals surface area contributed by atoms with E-state index in [1.54, 1.807) is 13.8 Å². The summed E-state index contributed by atoms with van der Waals surface area (Å²) in [5.74, 6) is -1.20. The highest BCUT2D eigenvalue weighted by Crippen LogP contribution is 2.20. The molecule has 5 N–H and O–H groups in total. The van der Waals surface area contributed by atoms with E-state index in [0.717, 1.165) is 6.07 Å². The number of carboxylic acids is 1. The molecule has 0 aliphatic rings. The molecule has 0 unspecified atom stereocenters. The van der Waals surface area contributed by atoms with Crippen LogP contribution < -0.4 is 15.8 Å². The van der Waals surface area contributed by atoms with Crippen molar-refractivity contribution >= 4 is 22.0 Å². The number of amides is 2. The van der Waals surface area contributed by atoms with E-state index in [1.807, 2.05) is 0 Å². The lowest BCUT2D eigenvalue weighted by Crippen LogP contribution is -2.37. The van der Waals surface area contributed by atoms with Crippen LogP contribution in [-0.2, 0) is 10.0 Å². The van der Waals surface area contributed by atoms with Crippen molar-refractivity contribution < 1.29 is 23.1 Å². The van der Waals surface area contributed by atoms with Crippen LogP contribution in [0.2, 0.25) is 0 Å². The fraction of sp³-hybridized carbons (Fsp3) is 0.333. The average Bonchev–Trinajstić information content (AvgIpc) is 2.33. The van der Waals surface area contributed by atoms with Gasteiger partial charge in [0.25, 0.3) is 0 Å². The van der Waals surface area contributed by atoms with Crippen molar-refractivity contribution in [2.45, 2.75) is 18.7 Å². The summed E-state index contributed by atoms with van der Waals surface area (Å²) in [7, 11) is -3.87. The standard InChI is InChI=1S/C12H17N3O5S/c1-7-5-8(2)10(6-9(7)11(16)17)21(19,20)15-4-3-14-12(13)18/h5-6,15H,3-4H2,1-2H3,(H,16,17)(H3,13,14,18). The minimum absolute atomic E-state index is 0.0330. The van der Waals surface area contributed by atoms with Crippen LogP contribution >= 0.6 is 0 Å². The molecule has 9 heteroatoms. The summed E-state index contributed by atoms with van der Waals surface area (Å²) in [4.78, 5) is 21.4. The van der Waals surface area contributed by atoms with E-state index in [2.05, 4.69) is 10.0 Å². The van der Waals surface area contributed by atoms with E-state index in [4.69, 9.17) is 10.8 Å². The summed E-state index contributed by atoms with van der Waals surface area (Å²) in [6.07, 6.45) is 0. The second-order valence-corrected chi connectivity index (χ2v) is 6.16. The molecule has 0 heterocycles. The zero-order chi connectivity index (χ0) is 16.2. The number of rotatable bonds is 6. The van der Waals surface area contributed by atoms with E-state index in [9.17, 15) is 18.0 Å². The van der Waals surface area contributed by atoms with Crippen molar-refractivity contribution in [1.29, 1.82) is 0 Å². The maximum Gasteiger partial charge on any atom is 0.335 e. The van der Waals surface area contributed by atoms with Crippen LogP contribution in [0.15, 0.2) is 17.0 Å². The number of carbonyl (C=O) groups is 2. The van der Waals surface area contributed by atoms with Gasteiger partial charge in [-0.25, -0.2) is 22.7 Å². The van der Waals surface area contributed by atoms with E-state index in [-0.39, 0.29) is 23.5 Å². The monoisotopic (exact) mass is 315 g/mol. The number of aromatic carboxylic acids is 1. The molecule has 0 saturated heterocycles. The SMILES string of the molecule is Cc1cc(C)c(S(=O)(=O)NCCNC(N)=O)cc1C(=O)O. The molecule has 0 atom stereocenters. The summed E-state index contributed by atoms with van der Waals surface area (Å²) in [5.41, 5.74) is 5.70. The van der Waals surface area contributed by atoms with Crippen LogP contribution in [0.25, 0.3) is 0 Å². The molecule has 0 aliphatic carbocycles. The Balaban J connectivity index is 3.00. The highest BCUT2D eigenvalue weighted by molar-refractivity contribution is 7.89. The zero-order valence-electron chi connectivity index (χ0n) is 11.6. The minimum atomic E-state index is -3.87. The summed E-state index contributed by atoms with van der Waals surface area (Å²) in [6, 6.07) is 1.87. The maximum absolute atomic E-state index is 12.1. The Kier molecular flexibility index (Phi) is 5.28. The number of benzene rings is 1. The largest absolute Gasteiger partial charge is 0.478 e. The van der Waals surface area contributed by atoms with Gasteiger partial charge in [0.1, 0.15) is 0 Å². The van der Waals surface area contributed by atoms with Gasteiger partial charge < -0.3 is 16.2 Å². The van der Waals surface area contributed by atoms with Crippen LogP contribution in [0.4, 0.5) is 4.79 Å². The molecular weight excluding hydrogens is 298 g/mol. The molecule has 0 spiro atoms. The molecule has 0 aliphatic heterocycles. The van der Waals surface area contributed by atoms with Crippen molar-refractivity contribution in [2.24, 2.45) is 5.73 Å². The van der Waals surface area contributed by atoms with Crippen LogP contribution in [0.3, 0.4) is 0 Å². The molecule has 116 valence electrons. The second-order valence-electron chi connectivity index (χ2n) is 4.43. The minimum Gasteiger partial charge on any atom is -0.478 e. The van der Waals surface area contributed by atoms with Crippen LogP contribution in [0.5, 0.6) is 0 Å². The highest BCUT2D eigenvalue weighted by Gasteiger charge is 2.20. The lowest BCUT2D eigenvalue weighted by Gasteiger charge is -2.12. The number of aryl methyl sites for hydroxylation is 2. The maximum atomic E-state index is 12.1. The Bertz CT molecular complexity index is 670. The Labute approximate surface area is 122 Å².